The number of benzene rings is 1. The van der Waals surface area contributed by atoms with Gasteiger partial charge < -0.3 is 9.30 Å². The number of nitrogens with zero attached hydrogens (tertiary/aromatic N) is 4. The Morgan fingerprint density at radius 2 is 1.96 bits per heavy atom. The number of likely N-dealkylation sites (tertiary alicyclic amines) is 1. The maximum atomic E-state index is 5.62. The van der Waals surface area contributed by atoms with E-state index >= 15 is 0 Å². The second kappa shape index (κ2) is 6.92. The highest BCUT2D eigenvalue weighted by Crippen LogP contribution is 2.39. The molecule has 1 saturated heterocycles. The minimum atomic E-state index is 0.434. The lowest BCUT2D eigenvalue weighted by molar-refractivity contribution is 0.189. The van der Waals surface area contributed by atoms with Gasteiger partial charge in [-0.15, -0.1) is 0 Å². The van der Waals surface area contributed by atoms with Gasteiger partial charge in [0.1, 0.15) is 11.6 Å². The average Bonchev–Trinajstić information content (AvgIpc) is 3.30. The monoisotopic (exact) mass is 358 g/mol. The van der Waals surface area contributed by atoms with Crippen molar-refractivity contribution in [1.82, 2.24) is 19.2 Å². The minimum Gasteiger partial charge on any atom is -0.494 e. The Morgan fingerprint density at radius 1 is 1.20 bits per heavy atom. The predicted octanol–water partition coefficient (Wildman–Crippen LogP) is 4.02. The SMILES string of the molecule is CCOc1ccc(C2CCCN2Cn2nc(C3CC3)n(C)c2=S)cc1. The molecule has 1 aromatic heterocycles. The summed E-state index contributed by atoms with van der Waals surface area (Å²) in [5.41, 5.74) is 1.35. The van der Waals surface area contributed by atoms with Crippen LogP contribution in [0.25, 0.3) is 0 Å². The molecule has 5 nitrogen and oxygen atoms in total. The van der Waals surface area contributed by atoms with E-state index in [4.69, 9.17) is 22.1 Å². The van der Waals surface area contributed by atoms with Crippen LogP contribution in [-0.4, -0.2) is 32.4 Å². The molecule has 2 fully saturated rings. The predicted molar refractivity (Wildman–Crippen MR) is 100 cm³/mol. The molecule has 0 radical (unpaired) electrons. The molecule has 2 heterocycles. The van der Waals surface area contributed by atoms with Crippen molar-refractivity contribution in [2.45, 2.75) is 51.2 Å². The largest absolute Gasteiger partial charge is 0.494 e. The summed E-state index contributed by atoms with van der Waals surface area (Å²) in [5.74, 6) is 2.71. The van der Waals surface area contributed by atoms with Crippen LogP contribution < -0.4 is 4.74 Å². The number of ether oxygens (including phenoxy) is 1. The quantitative estimate of drug-likeness (QED) is 0.731. The van der Waals surface area contributed by atoms with Crippen molar-refractivity contribution >= 4 is 12.2 Å². The fourth-order valence-corrected chi connectivity index (χ4v) is 3.98. The molecule has 2 aromatic rings. The van der Waals surface area contributed by atoms with Crippen molar-refractivity contribution in [2.24, 2.45) is 7.05 Å². The lowest BCUT2D eigenvalue weighted by Crippen LogP contribution is -2.27. The number of rotatable bonds is 6. The Hall–Kier alpha value is -1.66. The van der Waals surface area contributed by atoms with Crippen LogP contribution in [0.2, 0.25) is 0 Å². The van der Waals surface area contributed by atoms with Crippen LogP contribution >= 0.6 is 12.2 Å². The van der Waals surface area contributed by atoms with Crippen LogP contribution in [-0.2, 0) is 13.7 Å². The Balaban J connectivity index is 1.52. The Bertz CT molecular complexity index is 791. The molecule has 4 rings (SSSR count). The first-order valence-electron chi connectivity index (χ1n) is 9.28. The van der Waals surface area contributed by atoms with Crippen LogP contribution in [0, 0.1) is 4.77 Å². The van der Waals surface area contributed by atoms with Crippen molar-refractivity contribution in [3.8, 4) is 5.75 Å². The zero-order valence-corrected chi connectivity index (χ0v) is 15.8. The van der Waals surface area contributed by atoms with E-state index in [1.54, 1.807) is 0 Å². The summed E-state index contributed by atoms with van der Waals surface area (Å²) < 4.78 is 10.5. The summed E-state index contributed by atoms with van der Waals surface area (Å²) in [5, 5.41) is 4.82. The summed E-state index contributed by atoms with van der Waals surface area (Å²) in [6.07, 6.45) is 4.90. The molecule has 1 atom stereocenters. The number of hydrogen-bond donors (Lipinski definition) is 0. The lowest BCUT2D eigenvalue weighted by Gasteiger charge is -2.24. The lowest BCUT2D eigenvalue weighted by atomic mass is 10.0. The fraction of sp³-hybridized carbons (Fsp3) is 0.579. The van der Waals surface area contributed by atoms with Gasteiger partial charge in [-0.3, -0.25) is 4.90 Å². The minimum absolute atomic E-state index is 0.434. The third-order valence-electron chi connectivity index (χ3n) is 5.27. The fourth-order valence-electron chi connectivity index (χ4n) is 3.79. The molecular weight excluding hydrogens is 332 g/mol. The van der Waals surface area contributed by atoms with E-state index in [0.717, 1.165) is 29.6 Å². The second-order valence-corrected chi connectivity index (χ2v) is 7.45. The average molecular weight is 359 g/mol. The first kappa shape index (κ1) is 16.8. The maximum absolute atomic E-state index is 5.62. The molecular formula is C19H26N4OS. The van der Waals surface area contributed by atoms with E-state index < -0.39 is 0 Å². The van der Waals surface area contributed by atoms with Gasteiger partial charge in [-0.1, -0.05) is 12.1 Å². The summed E-state index contributed by atoms with van der Waals surface area (Å²) >= 11 is 5.62. The molecule has 1 aromatic carbocycles. The van der Waals surface area contributed by atoms with Gasteiger partial charge in [-0.25, -0.2) is 4.68 Å². The Morgan fingerprint density at radius 3 is 2.64 bits per heavy atom. The van der Waals surface area contributed by atoms with Gasteiger partial charge in [0.05, 0.1) is 13.3 Å². The zero-order valence-electron chi connectivity index (χ0n) is 15.0. The second-order valence-electron chi connectivity index (χ2n) is 7.09. The highest BCUT2D eigenvalue weighted by atomic mass is 32.1. The van der Waals surface area contributed by atoms with E-state index in [2.05, 4.69) is 33.7 Å². The van der Waals surface area contributed by atoms with Crippen molar-refractivity contribution < 1.29 is 4.74 Å². The molecule has 0 N–H and O–H groups in total. The summed E-state index contributed by atoms with van der Waals surface area (Å²) in [6.45, 7) is 4.58. The van der Waals surface area contributed by atoms with Crippen molar-refractivity contribution in [1.29, 1.82) is 0 Å². The molecule has 0 spiro atoms. The molecule has 1 unspecified atom stereocenters. The topological polar surface area (TPSA) is 35.2 Å². The van der Waals surface area contributed by atoms with E-state index in [0.29, 0.717) is 18.6 Å². The van der Waals surface area contributed by atoms with Crippen LogP contribution in [0.1, 0.15) is 56.0 Å². The number of hydrogen-bond acceptors (Lipinski definition) is 4. The molecule has 1 aliphatic carbocycles. The zero-order chi connectivity index (χ0) is 17.4. The first-order chi connectivity index (χ1) is 12.2. The van der Waals surface area contributed by atoms with Crippen molar-refractivity contribution in [3.63, 3.8) is 0 Å². The highest BCUT2D eigenvalue weighted by molar-refractivity contribution is 7.71. The first-order valence-corrected chi connectivity index (χ1v) is 9.68. The molecule has 2 aliphatic rings. The molecule has 134 valence electrons. The van der Waals surface area contributed by atoms with Crippen molar-refractivity contribution in [3.05, 3.63) is 40.4 Å². The smallest absolute Gasteiger partial charge is 0.198 e. The molecule has 25 heavy (non-hydrogen) atoms. The van der Waals surface area contributed by atoms with Gasteiger partial charge in [-0.05, 0) is 62.5 Å². The summed E-state index contributed by atoms with van der Waals surface area (Å²) in [6, 6.07) is 8.98. The van der Waals surface area contributed by atoms with E-state index in [1.807, 2.05) is 18.7 Å². The van der Waals surface area contributed by atoms with E-state index in [9.17, 15) is 0 Å². The summed E-state index contributed by atoms with van der Waals surface area (Å²) in [4.78, 5) is 2.50. The van der Waals surface area contributed by atoms with Crippen molar-refractivity contribution in [2.75, 3.05) is 13.2 Å². The maximum Gasteiger partial charge on any atom is 0.198 e. The van der Waals surface area contributed by atoms with E-state index in [-0.39, 0.29) is 0 Å². The Labute approximate surface area is 154 Å². The van der Waals surface area contributed by atoms with Gasteiger partial charge in [0.2, 0.25) is 0 Å². The molecule has 1 saturated carbocycles. The van der Waals surface area contributed by atoms with E-state index in [1.165, 1.54) is 31.2 Å². The standard InChI is InChI=1S/C19H26N4OS/c1-3-24-16-10-8-14(9-11-16)17-5-4-12-22(17)13-23-19(25)21(2)18(20-23)15-6-7-15/h8-11,15,17H,3-7,12-13H2,1-2H3. The van der Waals surface area contributed by atoms with Crippen LogP contribution in [0.5, 0.6) is 5.75 Å². The normalized spacial score (nSPS) is 21.0. The van der Waals surface area contributed by atoms with Gasteiger partial charge in [0.15, 0.2) is 4.77 Å². The highest BCUT2D eigenvalue weighted by Gasteiger charge is 2.31. The van der Waals surface area contributed by atoms with Crippen LogP contribution in [0.15, 0.2) is 24.3 Å². The van der Waals surface area contributed by atoms with Gasteiger partial charge in [0.25, 0.3) is 0 Å². The van der Waals surface area contributed by atoms with Gasteiger partial charge >= 0.3 is 0 Å². The third-order valence-corrected chi connectivity index (χ3v) is 5.76. The molecule has 0 amide bonds. The molecule has 6 heteroatoms. The van der Waals surface area contributed by atoms with Gasteiger partial charge in [-0.2, -0.15) is 5.10 Å². The van der Waals surface area contributed by atoms with Crippen LogP contribution in [0.4, 0.5) is 0 Å². The molecule has 0 bridgehead atoms. The molecule has 1 aliphatic heterocycles. The third kappa shape index (κ3) is 3.37. The van der Waals surface area contributed by atoms with Gasteiger partial charge in [0, 0.05) is 25.6 Å². The Kier molecular flexibility index (Phi) is 4.65. The number of aromatic nitrogens is 3. The van der Waals surface area contributed by atoms with Crippen LogP contribution in [0.3, 0.4) is 0 Å². The summed E-state index contributed by atoms with van der Waals surface area (Å²) in [7, 11) is 2.05.